The molecular weight excluding hydrogens is 508 g/mol. The summed E-state index contributed by atoms with van der Waals surface area (Å²) in [7, 11) is 0. The van der Waals surface area contributed by atoms with E-state index in [-0.39, 0.29) is 34.0 Å². The lowest BCUT2D eigenvalue weighted by Gasteiger charge is -2.40. The van der Waals surface area contributed by atoms with E-state index in [1.54, 1.807) is 0 Å². The third-order valence-corrected chi connectivity index (χ3v) is 6.35. The fourth-order valence-corrected chi connectivity index (χ4v) is 3.91. The van der Waals surface area contributed by atoms with Crippen molar-refractivity contribution in [2.75, 3.05) is 118 Å². The van der Waals surface area contributed by atoms with E-state index >= 15 is 0 Å². The van der Waals surface area contributed by atoms with Crippen LogP contribution in [0.4, 0.5) is 0 Å². The number of nitrogens with zero attached hydrogens (tertiary/aromatic N) is 2. The molecule has 0 unspecified atom stereocenters. The van der Waals surface area contributed by atoms with Gasteiger partial charge in [-0.3, -0.25) is 0 Å². The number of rotatable bonds is 14. The fourth-order valence-electron chi connectivity index (χ4n) is 3.91. The van der Waals surface area contributed by atoms with Crippen LogP contribution in [0.3, 0.4) is 0 Å². The van der Waals surface area contributed by atoms with E-state index in [1.165, 1.54) is 0 Å². The summed E-state index contributed by atoms with van der Waals surface area (Å²) in [5, 5.41) is 0. The largest absolute Gasteiger partial charge is 1.00 e. The first-order valence-electron chi connectivity index (χ1n) is 10.8. The van der Waals surface area contributed by atoms with E-state index in [9.17, 15) is 0 Å². The van der Waals surface area contributed by atoms with Crippen LogP contribution in [-0.2, 0) is 23.7 Å². The molecule has 2 rings (SSSR count). The van der Waals surface area contributed by atoms with Gasteiger partial charge in [0, 0.05) is 0 Å². The Morgan fingerprint density at radius 3 is 1.17 bits per heavy atom. The van der Waals surface area contributed by atoms with Crippen molar-refractivity contribution < 1.29 is 66.6 Å². The van der Waals surface area contributed by atoms with E-state index in [0.29, 0.717) is 26.4 Å². The molecule has 0 aliphatic carbocycles. The molecule has 2 heterocycles. The van der Waals surface area contributed by atoms with Gasteiger partial charge in [0.1, 0.15) is 39.3 Å². The molecule has 2 aliphatic heterocycles. The van der Waals surface area contributed by atoms with E-state index in [1.807, 2.05) is 0 Å². The Kier molecular flexibility index (Phi) is 17.7. The SMILES string of the molecule is CC[N+]1(CCOCCOCCOCC[N+]2(CC)CCOCC2)CCOCC1.[Br-].[Br-]. The predicted molar refractivity (Wildman–Crippen MR) is 105 cm³/mol. The van der Waals surface area contributed by atoms with Crippen LogP contribution in [0.15, 0.2) is 0 Å². The van der Waals surface area contributed by atoms with E-state index in [2.05, 4.69) is 13.8 Å². The second-order valence-corrected chi connectivity index (χ2v) is 7.72. The Hall–Kier alpha value is 0.680. The molecular formula is C20H42Br2N2O5. The Morgan fingerprint density at radius 2 is 0.862 bits per heavy atom. The maximum Gasteiger partial charge on any atom is 0.103 e. The molecule has 7 nitrogen and oxygen atoms in total. The zero-order valence-electron chi connectivity index (χ0n) is 18.4. The molecule has 0 atom stereocenters. The Labute approximate surface area is 198 Å². The molecule has 2 fully saturated rings. The second kappa shape index (κ2) is 17.3. The zero-order chi connectivity index (χ0) is 19.3. The first kappa shape index (κ1) is 29.7. The van der Waals surface area contributed by atoms with Crippen LogP contribution in [0.25, 0.3) is 0 Å². The van der Waals surface area contributed by atoms with E-state index in [4.69, 9.17) is 23.7 Å². The molecule has 0 radical (unpaired) electrons. The molecule has 29 heavy (non-hydrogen) atoms. The lowest BCUT2D eigenvalue weighted by atomic mass is 10.3. The summed E-state index contributed by atoms with van der Waals surface area (Å²) < 4.78 is 30.3. The van der Waals surface area contributed by atoms with Gasteiger partial charge >= 0.3 is 0 Å². The highest BCUT2D eigenvalue weighted by Crippen LogP contribution is 2.11. The first-order valence-corrected chi connectivity index (χ1v) is 10.8. The van der Waals surface area contributed by atoms with Crippen molar-refractivity contribution in [3.8, 4) is 0 Å². The van der Waals surface area contributed by atoms with Gasteiger partial charge in [0.25, 0.3) is 0 Å². The number of hydrogen-bond acceptors (Lipinski definition) is 5. The Balaban J connectivity index is 0.00000392. The summed E-state index contributed by atoms with van der Waals surface area (Å²) in [4.78, 5) is 0. The summed E-state index contributed by atoms with van der Waals surface area (Å²) in [5.41, 5.74) is 0. The Bertz CT molecular complexity index is 348. The normalized spacial score (nSPS) is 20.5. The van der Waals surface area contributed by atoms with Crippen LogP contribution in [0.5, 0.6) is 0 Å². The average Bonchev–Trinajstić information content (AvgIpc) is 2.73. The smallest absolute Gasteiger partial charge is 0.103 e. The highest BCUT2D eigenvalue weighted by molar-refractivity contribution is 4.50. The van der Waals surface area contributed by atoms with Crippen molar-refractivity contribution in [3.63, 3.8) is 0 Å². The number of ether oxygens (including phenoxy) is 5. The number of quaternary nitrogens is 2. The average molecular weight is 550 g/mol. The third kappa shape index (κ3) is 11.2. The number of likely N-dealkylation sites (N-methyl/N-ethyl adjacent to an activating group) is 2. The van der Waals surface area contributed by atoms with Crippen molar-refractivity contribution in [3.05, 3.63) is 0 Å². The van der Waals surface area contributed by atoms with Crippen LogP contribution in [0.1, 0.15) is 13.8 Å². The van der Waals surface area contributed by atoms with Crippen molar-refractivity contribution in [1.29, 1.82) is 0 Å². The molecule has 0 bridgehead atoms. The number of halogens is 2. The van der Waals surface area contributed by atoms with Crippen LogP contribution in [-0.4, -0.2) is 127 Å². The van der Waals surface area contributed by atoms with Gasteiger partial charge in [-0.25, -0.2) is 0 Å². The van der Waals surface area contributed by atoms with Gasteiger partial charge < -0.3 is 66.6 Å². The highest BCUT2D eigenvalue weighted by Gasteiger charge is 2.28. The van der Waals surface area contributed by atoms with Crippen molar-refractivity contribution in [2.24, 2.45) is 0 Å². The minimum atomic E-state index is 0. The number of hydrogen-bond donors (Lipinski definition) is 0. The van der Waals surface area contributed by atoms with E-state index < -0.39 is 0 Å². The van der Waals surface area contributed by atoms with Gasteiger partial charge in [0.15, 0.2) is 0 Å². The molecule has 0 aromatic heterocycles. The van der Waals surface area contributed by atoms with Crippen molar-refractivity contribution in [2.45, 2.75) is 13.8 Å². The molecule has 0 aromatic carbocycles. The third-order valence-electron chi connectivity index (χ3n) is 6.35. The standard InChI is InChI=1S/C20H42N2O5.2BrH/c1-3-21(5-11-23-12-6-21)9-15-25-17-19-27-20-18-26-16-10-22(4-2)7-13-24-14-8-22;;/h3-20H2,1-2H3;2*1H/q+2;;/p-2. The monoisotopic (exact) mass is 548 g/mol. The minimum absolute atomic E-state index is 0. The van der Waals surface area contributed by atoms with Crippen LogP contribution >= 0.6 is 0 Å². The van der Waals surface area contributed by atoms with Crippen LogP contribution in [0.2, 0.25) is 0 Å². The van der Waals surface area contributed by atoms with Crippen molar-refractivity contribution >= 4 is 0 Å². The summed E-state index contributed by atoms with van der Waals surface area (Å²) in [5.74, 6) is 0. The van der Waals surface area contributed by atoms with Gasteiger partial charge in [-0.1, -0.05) is 0 Å². The quantitative estimate of drug-likeness (QED) is 0.160. The molecule has 0 saturated carbocycles. The van der Waals surface area contributed by atoms with Crippen LogP contribution < -0.4 is 34.0 Å². The topological polar surface area (TPSA) is 46.2 Å². The van der Waals surface area contributed by atoms with Gasteiger partial charge in [-0.2, -0.15) is 0 Å². The maximum atomic E-state index is 5.76. The van der Waals surface area contributed by atoms with Gasteiger partial charge in [0.05, 0.1) is 79.2 Å². The number of morpholine rings is 2. The zero-order valence-corrected chi connectivity index (χ0v) is 21.6. The van der Waals surface area contributed by atoms with Gasteiger partial charge in [-0.15, -0.1) is 0 Å². The van der Waals surface area contributed by atoms with Gasteiger partial charge in [0.2, 0.25) is 0 Å². The highest BCUT2D eigenvalue weighted by atomic mass is 79.9. The molecule has 0 amide bonds. The summed E-state index contributed by atoms with van der Waals surface area (Å²) in [6.07, 6.45) is 0. The second-order valence-electron chi connectivity index (χ2n) is 7.72. The molecule has 0 N–H and O–H groups in total. The fraction of sp³-hybridized carbons (Fsp3) is 1.00. The lowest BCUT2D eigenvalue weighted by Crippen LogP contribution is -3.00. The van der Waals surface area contributed by atoms with E-state index in [0.717, 1.165) is 101 Å². The molecule has 2 saturated heterocycles. The first-order chi connectivity index (χ1) is 13.2. The lowest BCUT2D eigenvalue weighted by molar-refractivity contribution is -0.933. The molecule has 176 valence electrons. The summed E-state index contributed by atoms with van der Waals surface area (Å²) >= 11 is 0. The maximum absolute atomic E-state index is 5.76. The van der Waals surface area contributed by atoms with Crippen LogP contribution in [0, 0.1) is 0 Å². The molecule has 2 aliphatic rings. The Morgan fingerprint density at radius 1 is 0.552 bits per heavy atom. The summed E-state index contributed by atoms with van der Waals surface area (Å²) in [6, 6.07) is 0. The molecule has 0 aromatic rings. The minimum Gasteiger partial charge on any atom is -1.00 e. The van der Waals surface area contributed by atoms with Gasteiger partial charge in [-0.05, 0) is 13.8 Å². The van der Waals surface area contributed by atoms with Crippen molar-refractivity contribution in [1.82, 2.24) is 0 Å². The summed E-state index contributed by atoms with van der Waals surface area (Å²) in [6.45, 7) is 21.2. The molecule has 0 spiro atoms. The molecule has 9 heteroatoms. The predicted octanol–water partition coefficient (Wildman–Crippen LogP) is -5.22.